The fourth-order valence-corrected chi connectivity index (χ4v) is 2.64. The molecule has 1 aromatic rings. The average molecular weight is 265 g/mol. The maximum absolute atomic E-state index is 12.2. The summed E-state index contributed by atoms with van der Waals surface area (Å²) in [5, 5.41) is 9.53. The van der Waals surface area contributed by atoms with Gasteiger partial charge in [0.1, 0.15) is 0 Å². The first-order chi connectivity index (χ1) is 8.48. The number of carbonyl (C=O) groups excluding carboxylic acids is 1. The predicted octanol–water partition coefficient (Wildman–Crippen LogP) is 1.51. The summed E-state index contributed by atoms with van der Waals surface area (Å²) >= 11 is 4.40. The summed E-state index contributed by atoms with van der Waals surface area (Å²) in [4.78, 5) is 13.9. The second-order valence-corrected chi connectivity index (χ2v) is 5.84. The van der Waals surface area contributed by atoms with E-state index in [-0.39, 0.29) is 11.2 Å². The van der Waals surface area contributed by atoms with Crippen molar-refractivity contribution in [2.45, 2.75) is 30.6 Å². The van der Waals surface area contributed by atoms with Crippen LogP contribution < -0.4 is 0 Å². The van der Waals surface area contributed by atoms with Gasteiger partial charge in [0.25, 0.3) is 0 Å². The molecule has 0 saturated carbocycles. The zero-order valence-corrected chi connectivity index (χ0v) is 11.4. The molecular weight excluding hydrogens is 246 g/mol. The molecule has 1 heterocycles. The van der Waals surface area contributed by atoms with Gasteiger partial charge in [0.05, 0.1) is 10.9 Å². The minimum atomic E-state index is -0.740. The van der Waals surface area contributed by atoms with Crippen LogP contribution in [0.5, 0.6) is 0 Å². The number of rotatable bonds is 3. The smallest absolute Gasteiger partial charge is 0.235 e. The minimum Gasteiger partial charge on any atom is -0.388 e. The Hall–Kier alpha value is -1.00. The number of β-amino-alcohol motifs (C(OH)–C–C–N with tert-alkyl or cyclic N) is 1. The largest absolute Gasteiger partial charge is 0.388 e. The van der Waals surface area contributed by atoms with E-state index in [4.69, 9.17) is 0 Å². The van der Waals surface area contributed by atoms with E-state index in [1.165, 1.54) is 0 Å². The van der Waals surface area contributed by atoms with E-state index >= 15 is 0 Å². The maximum Gasteiger partial charge on any atom is 0.235 e. The molecule has 1 N–H and O–H groups in total. The van der Waals surface area contributed by atoms with Gasteiger partial charge in [-0.25, -0.2) is 0 Å². The second-order valence-electron chi connectivity index (χ2n) is 5.21. The van der Waals surface area contributed by atoms with Gasteiger partial charge in [-0.3, -0.25) is 4.79 Å². The third-order valence-electron chi connectivity index (χ3n) is 3.32. The molecule has 1 aliphatic rings. The Morgan fingerprint density at radius 3 is 2.72 bits per heavy atom. The standard InChI is InChI=1S/C14H19NO2S/c1-14(17)7-8-15(10-14)13(16)12(18)9-11-5-3-2-4-6-11/h2-6,12,17-18H,7-10H2,1H3. The van der Waals surface area contributed by atoms with Crippen LogP contribution >= 0.6 is 12.6 Å². The summed E-state index contributed by atoms with van der Waals surface area (Å²) in [5.74, 6) is 0.0139. The van der Waals surface area contributed by atoms with Crippen molar-refractivity contribution >= 4 is 18.5 Å². The Labute approximate surface area is 113 Å². The first-order valence-electron chi connectivity index (χ1n) is 6.21. The zero-order valence-electron chi connectivity index (χ0n) is 10.5. The van der Waals surface area contributed by atoms with Gasteiger partial charge < -0.3 is 10.0 Å². The van der Waals surface area contributed by atoms with Crippen LogP contribution in [0.2, 0.25) is 0 Å². The maximum atomic E-state index is 12.2. The third-order valence-corrected chi connectivity index (χ3v) is 3.72. The first kappa shape index (κ1) is 13.4. The Morgan fingerprint density at radius 1 is 1.50 bits per heavy atom. The lowest BCUT2D eigenvalue weighted by Crippen LogP contribution is -2.38. The number of hydrogen-bond donors (Lipinski definition) is 2. The fraction of sp³-hybridized carbons (Fsp3) is 0.500. The van der Waals surface area contributed by atoms with Crippen LogP contribution in [-0.2, 0) is 11.2 Å². The molecule has 1 saturated heterocycles. The molecule has 1 aliphatic heterocycles. The number of benzene rings is 1. The highest BCUT2D eigenvalue weighted by molar-refractivity contribution is 7.81. The van der Waals surface area contributed by atoms with Gasteiger partial charge in [-0.1, -0.05) is 30.3 Å². The van der Waals surface area contributed by atoms with E-state index in [0.29, 0.717) is 25.9 Å². The monoisotopic (exact) mass is 265 g/mol. The van der Waals surface area contributed by atoms with Gasteiger partial charge in [0.15, 0.2) is 0 Å². The molecule has 1 aromatic carbocycles. The van der Waals surface area contributed by atoms with Crippen LogP contribution in [0, 0.1) is 0 Å². The van der Waals surface area contributed by atoms with Crippen LogP contribution in [0.25, 0.3) is 0 Å². The van der Waals surface area contributed by atoms with E-state index < -0.39 is 5.60 Å². The number of carbonyl (C=O) groups is 1. The highest BCUT2D eigenvalue weighted by Crippen LogP contribution is 2.22. The lowest BCUT2D eigenvalue weighted by atomic mass is 10.1. The summed E-state index contributed by atoms with van der Waals surface area (Å²) in [6.07, 6.45) is 1.27. The van der Waals surface area contributed by atoms with E-state index in [2.05, 4.69) is 12.6 Å². The van der Waals surface area contributed by atoms with Crippen molar-refractivity contribution in [3.63, 3.8) is 0 Å². The number of nitrogens with zero attached hydrogens (tertiary/aromatic N) is 1. The molecular formula is C14H19NO2S. The molecule has 2 atom stereocenters. The van der Waals surface area contributed by atoms with Crippen molar-refractivity contribution in [2.24, 2.45) is 0 Å². The summed E-state index contributed by atoms with van der Waals surface area (Å²) in [5.41, 5.74) is 0.368. The van der Waals surface area contributed by atoms with E-state index in [1.54, 1.807) is 11.8 Å². The zero-order chi connectivity index (χ0) is 13.2. The number of hydrogen-bond acceptors (Lipinski definition) is 3. The summed E-state index contributed by atoms with van der Waals surface area (Å²) in [6.45, 7) is 2.81. The van der Waals surface area contributed by atoms with Crippen LogP contribution in [0.15, 0.2) is 30.3 Å². The van der Waals surface area contributed by atoms with Crippen molar-refractivity contribution < 1.29 is 9.90 Å². The van der Waals surface area contributed by atoms with Crippen molar-refractivity contribution in [3.8, 4) is 0 Å². The lowest BCUT2D eigenvalue weighted by molar-refractivity contribution is -0.130. The molecule has 4 heteroatoms. The number of thiol groups is 1. The third kappa shape index (κ3) is 3.27. The highest BCUT2D eigenvalue weighted by Gasteiger charge is 2.35. The number of aliphatic hydroxyl groups is 1. The Balaban J connectivity index is 1.94. The highest BCUT2D eigenvalue weighted by atomic mass is 32.1. The van der Waals surface area contributed by atoms with Gasteiger partial charge in [-0.15, -0.1) is 0 Å². The van der Waals surface area contributed by atoms with Crippen LogP contribution in [0.1, 0.15) is 18.9 Å². The van der Waals surface area contributed by atoms with Crippen LogP contribution in [0.4, 0.5) is 0 Å². The number of amides is 1. The van der Waals surface area contributed by atoms with E-state index in [9.17, 15) is 9.90 Å². The molecule has 1 amide bonds. The SMILES string of the molecule is CC1(O)CCN(C(=O)C(S)Cc2ccccc2)C1. The summed E-state index contributed by atoms with van der Waals surface area (Å²) < 4.78 is 0. The van der Waals surface area contributed by atoms with Crippen molar-refractivity contribution in [1.29, 1.82) is 0 Å². The average Bonchev–Trinajstić information content (AvgIpc) is 2.70. The van der Waals surface area contributed by atoms with Crippen molar-refractivity contribution in [1.82, 2.24) is 4.90 Å². The molecule has 18 heavy (non-hydrogen) atoms. The molecule has 0 aliphatic carbocycles. The van der Waals surface area contributed by atoms with Crippen molar-refractivity contribution in [2.75, 3.05) is 13.1 Å². The summed E-state index contributed by atoms with van der Waals surface area (Å²) in [7, 11) is 0. The van der Waals surface area contributed by atoms with Crippen LogP contribution in [0.3, 0.4) is 0 Å². The number of likely N-dealkylation sites (tertiary alicyclic amines) is 1. The van der Waals surface area contributed by atoms with Crippen LogP contribution in [-0.4, -0.2) is 39.9 Å². The van der Waals surface area contributed by atoms with Crippen molar-refractivity contribution in [3.05, 3.63) is 35.9 Å². The predicted molar refractivity (Wildman–Crippen MR) is 74.7 cm³/mol. The fourth-order valence-electron chi connectivity index (χ4n) is 2.27. The lowest BCUT2D eigenvalue weighted by Gasteiger charge is -2.22. The van der Waals surface area contributed by atoms with E-state index in [0.717, 1.165) is 5.56 Å². The Morgan fingerprint density at radius 2 is 2.17 bits per heavy atom. The molecule has 2 rings (SSSR count). The van der Waals surface area contributed by atoms with Gasteiger partial charge in [0.2, 0.25) is 5.91 Å². The Kier molecular flexibility index (Phi) is 3.97. The molecule has 1 fully saturated rings. The molecule has 0 bridgehead atoms. The van der Waals surface area contributed by atoms with Gasteiger partial charge in [-0.2, -0.15) is 12.6 Å². The second kappa shape index (κ2) is 5.33. The Bertz CT molecular complexity index is 419. The molecule has 3 nitrogen and oxygen atoms in total. The first-order valence-corrected chi connectivity index (χ1v) is 6.73. The minimum absolute atomic E-state index is 0.0139. The molecule has 98 valence electrons. The van der Waals surface area contributed by atoms with Gasteiger partial charge >= 0.3 is 0 Å². The van der Waals surface area contributed by atoms with E-state index in [1.807, 2.05) is 30.3 Å². The topological polar surface area (TPSA) is 40.5 Å². The molecule has 0 aromatic heterocycles. The molecule has 0 radical (unpaired) electrons. The van der Waals surface area contributed by atoms with Gasteiger partial charge in [0, 0.05) is 13.1 Å². The van der Waals surface area contributed by atoms with Gasteiger partial charge in [-0.05, 0) is 25.3 Å². The quantitative estimate of drug-likeness (QED) is 0.813. The molecule has 0 spiro atoms. The normalized spacial score (nSPS) is 25.2. The summed E-state index contributed by atoms with van der Waals surface area (Å²) in [6, 6.07) is 9.87. The molecule has 2 unspecified atom stereocenters.